The monoisotopic (exact) mass is 373 g/mol. The fourth-order valence-corrected chi connectivity index (χ4v) is 3.71. The number of carbonyl (C=O) groups is 1. The second-order valence-electron chi connectivity index (χ2n) is 5.34. The molecule has 0 aliphatic heterocycles. The Kier molecular flexibility index (Phi) is 7.10. The van der Waals surface area contributed by atoms with Crippen LogP contribution in [0.3, 0.4) is 0 Å². The SMILES string of the molecule is Cc1cc(N)nc(SCC(=O)Nc2ccccc2S[C@H](C)CC#N)n1. The van der Waals surface area contributed by atoms with Crippen molar-refractivity contribution >= 4 is 40.9 Å². The maximum atomic E-state index is 12.2. The summed E-state index contributed by atoms with van der Waals surface area (Å²) in [4.78, 5) is 21.5. The molecule has 1 atom stereocenters. The number of nitrogens with zero attached hydrogens (tertiary/aromatic N) is 3. The van der Waals surface area contributed by atoms with Crippen LogP contribution in [0.4, 0.5) is 11.5 Å². The van der Waals surface area contributed by atoms with Crippen LogP contribution >= 0.6 is 23.5 Å². The summed E-state index contributed by atoms with van der Waals surface area (Å²) in [7, 11) is 0. The molecule has 0 radical (unpaired) electrons. The minimum Gasteiger partial charge on any atom is -0.384 e. The zero-order chi connectivity index (χ0) is 18.2. The molecule has 0 aliphatic carbocycles. The van der Waals surface area contributed by atoms with Gasteiger partial charge in [-0.15, -0.1) is 11.8 Å². The molecule has 0 unspecified atom stereocenters. The molecule has 0 fully saturated rings. The molecular formula is C17H19N5OS2. The van der Waals surface area contributed by atoms with Crippen molar-refractivity contribution in [1.82, 2.24) is 9.97 Å². The smallest absolute Gasteiger partial charge is 0.234 e. The van der Waals surface area contributed by atoms with Gasteiger partial charge in [-0.25, -0.2) is 9.97 Å². The van der Waals surface area contributed by atoms with Crippen molar-refractivity contribution < 1.29 is 4.79 Å². The van der Waals surface area contributed by atoms with Gasteiger partial charge in [-0.2, -0.15) is 5.26 Å². The van der Waals surface area contributed by atoms with Crippen molar-refractivity contribution in [3.63, 3.8) is 0 Å². The molecule has 0 saturated heterocycles. The maximum absolute atomic E-state index is 12.2. The van der Waals surface area contributed by atoms with Crippen LogP contribution in [0.1, 0.15) is 19.0 Å². The zero-order valence-corrected chi connectivity index (χ0v) is 15.7. The largest absolute Gasteiger partial charge is 0.384 e. The molecule has 0 saturated carbocycles. The second-order valence-corrected chi connectivity index (χ2v) is 7.76. The number of nitrogens with one attached hydrogen (secondary N) is 1. The number of hydrogen-bond donors (Lipinski definition) is 2. The lowest BCUT2D eigenvalue weighted by Gasteiger charge is -2.13. The van der Waals surface area contributed by atoms with E-state index < -0.39 is 0 Å². The highest BCUT2D eigenvalue weighted by molar-refractivity contribution is 8.00. The summed E-state index contributed by atoms with van der Waals surface area (Å²) in [5.41, 5.74) is 7.20. The number of anilines is 2. The Morgan fingerprint density at radius 2 is 2.16 bits per heavy atom. The molecule has 0 spiro atoms. The normalized spacial score (nSPS) is 11.6. The van der Waals surface area contributed by atoms with Crippen LogP contribution in [0, 0.1) is 18.3 Å². The van der Waals surface area contributed by atoms with Crippen molar-refractivity contribution in [2.45, 2.75) is 35.6 Å². The van der Waals surface area contributed by atoms with E-state index in [1.165, 1.54) is 11.8 Å². The molecule has 0 aliphatic rings. The fraction of sp³-hybridized carbons (Fsp3) is 0.294. The number of rotatable bonds is 7. The number of hydrogen-bond acceptors (Lipinski definition) is 7. The Bertz CT molecular complexity index is 771. The van der Waals surface area contributed by atoms with Crippen molar-refractivity contribution in [3.05, 3.63) is 36.0 Å². The van der Waals surface area contributed by atoms with Crippen molar-refractivity contribution in [2.75, 3.05) is 16.8 Å². The predicted molar refractivity (Wildman–Crippen MR) is 103 cm³/mol. The first-order valence-electron chi connectivity index (χ1n) is 7.64. The number of nitrogens with two attached hydrogens (primary N) is 1. The lowest BCUT2D eigenvalue weighted by Crippen LogP contribution is -2.15. The minimum atomic E-state index is -0.144. The summed E-state index contributed by atoms with van der Waals surface area (Å²) in [6, 6.07) is 11.4. The quantitative estimate of drug-likeness (QED) is 0.565. The van der Waals surface area contributed by atoms with Crippen molar-refractivity contribution in [2.24, 2.45) is 0 Å². The third-order valence-corrected chi connectivity index (χ3v) is 5.08. The number of benzene rings is 1. The molecule has 1 aromatic heterocycles. The molecule has 1 amide bonds. The van der Waals surface area contributed by atoms with E-state index in [0.717, 1.165) is 16.3 Å². The second kappa shape index (κ2) is 9.30. The molecule has 130 valence electrons. The lowest BCUT2D eigenvalue weighted by molar-refractivity contribution is -0.113. The van der Waals surface area contributed by atoms with E-state index in [9.17, 15) is 4.79 Å². The van der Waals surface area contributed by atoms with E-state index in [1.54, 1.807) is 17.8 Å². The van der Waals surface area contributed by atoms with Gasteiger partial charge in [-0.05, 0) is 19.1 Å². The van der Waals surface area contributed by atoms with Crippen LogP contribution < -0.4 is 11.1 Å². The molecule has 8 heteroatoms. The van der Waals surface area contributed by atoms with Gasteiger partial charge in [0.1, 0.15) is 5.82 Å². The van der Waals surface area contributed by atoms with E-state index in [2.05, 4.69) is 21.4 Å². The molecule has 3 N–H and O–H groups in total. The van der Waals surface area contributed by atoms with Gasteiger partial charge < -0.3 is 11.1 Å². The van der Waals surface area contributed by atoms with Gasteiger partial charge in [0, 0.05) is 28.3 Å². The number of amides is 1. The first-order valence-corrected chi connectivity index (χ1v) is 9.51. The van der Waals surface area contributed by atoms with Crippen LogP contribution in [0.2, 0.25) is 0 Å². The van der Waals surface area contributed by atoms with Crippen molar-refractivity contribution in [3.8, 4) is 6.07 Å². The van der Waals surface area contributed by atoms with E-state index in [0.29, 0.717) is 17.4 Å². The number of aryl methyl sites for hydroxylation is 1. The summed E-state index contributed by atoms with van der Waals surface area (Å²) in [6.45, 7) is 3.82. The number of carbonyl (C=O) groups excluding carboxylic acids is 1. The average Bonchev–Trinajstić information content (AvgIpc) is 2.54. The Morgan fingerprint density at radius 3 is 2.88 bits per heavy atom. The summed E-state index contributed by atoms with van der Waals surface area (Å²) in [5.74, 6) is 0.439. The number of nitriles is 1. The van der Waals surface area contributed by atoms with Gasteiger partial charge in [0.2, 0.25) is 5.91 Å². The third kappa shape index (κ3) is 6.29. The maximum Gasteiger partial charge on any atom is 0.234 e. The van der Waals surface area contributed by atoms with Crippen LogP contribution in [-0.4, -0.2) is 26.9 Å². The highest BCUT2D eigenvalue weighted by Crippen LogP contribution is 2.31. The first-order chi connectivity index (χ1) is 12.0. The summed E-state index contributed by atoms with van der Waals surface area (Å²) >= 11 is 2.81. The summed E-state index contributed by atoms with van der Waals surface area (Å²) in [6.07, 6.45) is 0.453. The minimum absolute atomic E-state index is 0.144. The number of nitrogen functional groups attached to an aromatic ring is 1. The number of thioether (sulfide) groups is 2. The molecule has 2 aromatic rings. The van der Waals surface area contributed by atoms with Crippen LogP contribution in [0.5, 0.6) is 0 Å². The van der Waals surface area contributed by atoms with Gasteiger partial charge in [0.25, 0.3) is 0 Å². The Hall–Kier alpha value is -2.24. The molecule has 6 nitrogen and oxygen atoms in total. The first kappa shape index (κ1) is 19.1. The van der Waals surface area contributed by atoms with Gasteiger partial charge in [-0.1, -0.05) is 30.8 Å². The molecule has 25 heavy (non-hydrogen) atoms. The summed E-state index contributed by atoms with van der Waals surface area (Å²) < 4.78 is 0. The standard InChI is InChI=1S/C17H19N5OS2/c1-11-9-15(19)22-17(20-11)24-10-16(23)21-13-5-3-4-6-14(13)25-12(2)7-8-18/h3-6,9,12H,7,10H2,1-2H3,(H,21,23)(H2,19,20,22)/t12-/m1/s1. The van der Waals surface area contributed by atoms with Crippen LogP contribution in [0.25, 0.3) is 0 Å². The molecule has 1 heterocycles. The zero-order valence-electron chi connectivity index (χ0n) is 14.0. The highest BCUT2D eigenvalue weighted by Gasteiger charge is 2.11. The van der Waals surface area contributed by atoms with Gasteiger partial charge in [0.05, 0.1) is 17.5 Å². The highest BCUT2D eigenvalue weighted by atomic mass is 32.2. The van der Waals surface area contributed by atoms with Gasteiger partial charge in [0.15, 0.2) is 5.16 Å². The Balaban J connectivity index is 1.97. The van der Waals surface area contributed by atoms with Gasteiger partial charge in [-0.3, -0.25) is 4.79 Å². The molecule has 1 aromatic carbocycles. The fourth-order valence-electron chi connectivity index (χ4n) is 2.01. The molecular weight excluding hydrogens is 354 g/mol. The van der Waals surface area contributed by atoms with E-state index in [1.807, 2.05) is 38.1 Å². The van der Waals surface area contributed by atoms with E-state index in [4.69, 9.17) is 11.0 Å². The van der Waals surface area contributed by atoms with E-state index in [-0.39, 0.29) is 16.9 Å². The number of aromatic nitrogens is 2. The lowest BCUT2D eigenvalue weighted by atomic mass is 10.3. The predicted octanol–water partition coefficient (Wildman–Crippen LogP) is 3.49. The van der Waals surface area contributed by atoms with Crippen LogP contribution in [-0.2, 0) is 4.79 Å². The molecule has 0 bridgehead atoms. The molecule has 2 rings (SSSR count). The van der Waals surface area contributed by atoms with E-state index >= 15 is 0 Å². The summed E-state index contributed by atoms with van der Waals surface area (Å²) in [5, 5.41) is 12.3. The number of para-hydroxylation sites is 1. The topological polar surface area (TPSA) is 105 Å². The third-order valence-electron chi connectivity index (χ3n) is 3.05. The Morgan fingerprint density at radius 1 is 1.40 bits per heavy atom. The van der Waals surface area contributed by atoms with Crippen molar-refractivity contribution in [1.29, 1.82) is 5.26 Å². The average molecular weight is 374 g/mol. The Labute approximate surface area is 155 Å². The van der Waals surface area contributed by atoms with Crippen LogP contribution in [0.15, 0.2) is 40.4 Å². The van der Waals surface area contributed by atoms with Gasteiger partial charge >= 0.3 is 0 Å².